The van der Waals surface area contributed by atoms with Gasteiger partial charge in [0, 0.05) is 18.8 Å². The molecule has 2 N–H and O–H groups in total. The van der Waals surface area contributed by atoms with Crippen molar-refractivity contribution in [3.05, 3.63) is 35.4 Å². The molecule has 1 fully saturated rings. The molecule has 0 aliphatic carbocycles. The Hall–Kier alpha value is -1.00. The quantitative estimate of drug-likeness (QED) is 0.799. The van der Waals surface area contributed by atoms with Gasteiger partial charge in [-0.1, -0.05) is 6.07 Å². The highest BCUT2D eigenvalue weighted by Gasteiger charge is 2.29. The molecule has 2 nitrogen and oxygen atoms in total. The molecule has 4 heteroatoms. The first-order chi connectivity index (χ1) is 7.62. The van der Waals surface area contributed by atoms with Crippen LogP contribution in [0.15, 0.2) is 18.2 Å². The van der Waals surface area contributed by atoms with E-state index in [-0.39, 0.29) is 0 Å². The van der Waals surface area contributed by atoms with E-state index in [4.69, 9.17) is 10.5 Å². The van der Waals surface area contributed by atoms with E-state index in [2.05, 4.69) is 0 Å². The van der Waals surface area contributed by atoms with Crippen LogP contribution in [0.25, 0.3) is 0 Å². The Bertz CT molecular complexity index is 373. The molecule has 88 valence electrons. The van der Waals surface area contributed by atoms with Crippen molar-refractivity contribution < 1.29 is 13.5 Å². The molecule has 16 heavy (non-hydrogen) atoms. The molecule has 0 spiro atoms. The van der Waals surface area contributed by atoms with Gasteiger partial charge in [0.1, 0.15) is 0 Å². The molecule has 2 rings (SSSR count). The van der Waals surface area contributed by atoms with Gasteiger partial charge >= 0.3 is 0 Å². The molecule has 0 aromatic heterocycles. The van der Waals surface area contributed by atoms with Crippen molar-refractivity contribution in [2.75, 3.05) is 13.2 Å². The average Bonchev–Trinajstić information content (AvgIpc) is 2.48. The molecule has 1 atom stereocenters. The second-order valence-electron chi connectivity index (χ2n) is 4.25. The van der Waals surface area contributed by atoms with Gasteiger partial charge in [-0.2, -0.15) is 0 Å². The van der Waals surface area contributed by atoms with Gasteiger partial charge in [0.05, 0.1) is 0 Å². The molecular weight excluding hydrogens is 212 g/mol. The van der Waals surface area contributed by atoms with Gasteiger partial charge in [-0.3, -0.25) is 0 Å². The highest BCUT2D eigenvalue weighted by Crippen LogP contribution is 2.30. The van der Waals surface area contributed by atoms with Gasteiger partial charge in [0.15, 0.2) is 11.6 Å². The smallest absolute Gasteiger partial charge is 0.159 e. The Labute approximate surface area is 93.4 Å². The second-order valence-corrected chi connectivity index (χ2v) is 4.25. The van der Waals surface area contributed by atoms with E-state index in [9.17, 15) is 8.78 Å². The summed E-state index contributed by atoms with van der Waals surface area (Å²) in [6.45, 7) is 1.25. The maximum absolute atomic E-state index is 13.1. The normalized spacial score (nSPS) is 26.4. The lowest BCUT2D eigenvalue weighted by molar-refractivity contribution is 0.139. The third kappa shape index (κ3) is 2.23. The van der Waals surface area contributed by atoms with Crippen LogP contribution in [0.4, 0.5) is 8.78 Å². The van der Waals surface area contributed by atoms with E-state index in [1.165, 1.54) is 6.07 Å². The lowest BCUT2D eigenvalue weighted by Gasteiger charge is -2.28. The van der Waals surface area contributed by atoms with Crippen molar-refractivity contribution in [2.45, 2.75) is 24.8 Å². The molecule has 0 saturated carbocycles. The standard InChI is InChI=1S/C12H15F2NO/c13-10-3-2-9(8-11(10)14)12(15)4-1-6-16-7-5-12/h2-3,8H,1,4-7,15H2. The fourth-order valence-corrected chi connectivity index (χ4v) is 2.07. The third-order valence-corrected chi connectivity index (χ3v) is 3.10. The average molecular weight is 227 g/mol. The van der Waals surface area contributed by atoms with Crippen molar-refractivity contribution in [1.82, 2.24) is 0 Å². The summed E-state index contributed by atoms with van der Waals surface area (Å²) >= 11 is 0. The SMILES string of the molecule is NC1(c2ccc(F)c(F)c2)CCCOCC1. The Balaban J connectivity index is 2.29. The van der Waals surface area contributed by atoms with Crippen LogP contribution in [-0.4, -0.2) is 13.2 Å². The number of ether oxygens (including phenoxy) is 1. The highest BCUT2D eigenvalue weighted by atomic mass is 19.2. The molecule has 1 aliphatic heterocycles. The van der Waals surface area contributed by atoms with Crippen LogP contribution in [0.5, 0.6) is 0 Å². The van der Waals surface area contributed by atoms with Gasteiger partial charge < -0.3 is 10.5 Å². The molecule has 0 bridgehead atoms. The minimum atomic E-state index is -0.840. The van der Waals surface area contributed by atoms with Crippen LogP contribution in [-0.2, 0) is 10.3 Å². The zero-order valence-corrected chi connectivity index (χ0v) is 9.01. The molecule has 1 unspecified atom stereocenters. The van der Waals surface area contributed by atoms with Crippen molar-refractivity contribution >= 4 is 0 Å². The maximum Gasteiger partial charge on any atom is 0.159 e. The summed E-state index contributed by atoms with van der Waals surface area (Å²) in [7, 11) is 0. The Morgan fingerprint density at radius 2 is 1.94 bits per heavy atom. The summed E-state index contributed by atoms with van der Waals surface area (Å²) in [5, 5.41) is 0. The van der Waals surface area contributed by atoms with Gasteiger partial charge in [-0.05, 0) is 37.0 Å². The molecule has 0 radical (unpaired) electrons. The number of halogens is 2. The van der Waals surface area contributed by atoms with Crippen molar-refractivity contribution in [2.24, 2.45) is 5.73 Å². The number of nitrogens with two attached hydrogens (primary N) is 1. The van der Waals surface area contributed by atoms with Crippen LogP contribution < -0.4 is 5.73 Å². The Kier molecular flexibility index (Phi) is 3.21. The fraction of sp³-hybridized carbons (Fsp3) is 0.500. The molecule has 1 saturated heterocycles. The molecule has 1 aromatic carbocycles. The summed E-state index contributed by atoms with van der Waals surface area (Å²) in [4.78, 5) is 0. The summed E-state index contributed by atoms with van der Waals surface area (Å²) in [6, 6.07) is 3.88. The first-order valence-electron chi connectivity index (χ1n) is 5.44. The van der Waals surface area contributed by atoms with Crippen LogP contribution >= 0.6 is 0 Å². The lowest BCUT2D eigenvalue weighted by Crippen LogP contribution is -2.37. The van der Waals surface area contributed by atoms with E-state index < -0.39 is 17.2 Å². The van der Waals surface area contributed by atoms with Gasteiger partial charge in [0.2, 0.25) is 0 Å². The third-order valence-electron chi connectivity index (χ3n) is 3.10. The molecule has 1 heterocycles. The molecule has 0 amide bonds. The number of benzene rings is 1. The lowest BCUT2D eigenvalue weighted by atomic mass is 9.84. The van der Waals surface area contributed by atoms with E-state index in [0.717, 1.165) is 18.9 Å². The van der Waals surface area contributed by atoms with E-state index in [0.29, 0.717) is 25.2 Å². The van der Waals surface area contributed by atoms with Crippen molar-refractivity contribution in [1.29, 1.82) is 0 Å². The van der Waals surface area contributed by atoms with Crippen LogP contribution in [0.3, 0.4) is 0 Å². The first-order valence-corrected chi connectivity index (χ1v) is 5.44. The highest BCUT2D eigenvalue weighted by molar-refractivity contribution is 5.25. The topological polar surface area (TPSA) is 35.2 Å². The van der Waals surface area contributed by atoms with E-state index in [1.807, 2.05) is 0 Å². The molecule has 1 aliphatic rings. The largest absolute Gasteiger partial charge is 0.381 e. The second kappa shape index (κ2) is 4.47. The molecule has 1 aromatic rings. The Morgan fingerprint density at radius 3 is 2.69 bits per heavy atom. The van der Waals surface area contributed by atoms with Crippen molar-refractivity contribution in [3.8, 4) is 0 Å². The van der Waals surface area contributed by atoms with E-state index >= 15 is 0 Å². The fourth-order valence-electron chi connectivity index (χ4n) is 2.07. The number of rotatable bonds is 1. The summed E-state index contributed by atoms with van der Waals surface area (Å²) in [6.07, 6.45) is 2.21. The molecular formula is C12H15F2NO. The predicted octanol–water partition coefficient (Wildman–Crippen LogP) is 2.32. The summed E-state index contributed by atoms with van der Waals surface area (Å²) < 4.78 is 31.3. The summed E-state index contributed by atoms with van der Waals surface area (Å²) in [5.41, 5.74) is 6.29. The predicted molar refractivity (Wildman–Crippen MR) is 56.9 cm³/mol. The maximum atomic E-state index is 13.1. The van der Waals surface area contributed by atoms with Crippen molar-refractivity contribution in [3.63, 3.8) is 0 Å². The van der Waals surface area contributed by atoms with E-state index in [1.54, 1.807) is 6.07 Å². The zero-order chi connectivity index (χ0) is 11.6. The number of hydrogen-bond donors (Lipinski definition) is 1. The number of hydrogen-bond acceptors (Lipinski definition) is 2. The minimum absolute atomic E-state index is 0.565. The summed E-state index contributed by atoms with van der Waals surface area (Å²) in [5.74, 6) is -1.68. The van der Waals surface area contributed by atoms with Crippen LogP contribution in [0, 0.1) is 11.6 Å². The van der Waals surface area contributed by atoms with Gasteiger partial charge in [0.25, 0.3) is 0 Å². The first kappa shape index (κ1) is 11.5. The van der Waals surface area contributed by atoms with Crippen LogP contribution in [0.2, 0.25) is 0 Å². The Morgan fingerprint density at radius 1 is 1.12 bits per heavy atom. The van der Waals surface area contributed by atoms with Gasteiger partial charge in [-0.25, -0.2) is 8.78 Å². The van der Waals surface area contributed by atoms with Gasteiger partial charge in [-0.15, -0.1) is 0 Å². The monoisotopic (exact) mass is 227 g/mol. The minimum Gasteiger partial charge on any atom is -0.381 e. The van der Waals surface area contributed by atoms with Crippen LogP contribution in [0.1, 0.15) is 24.8 Å². The zero-order valence-electron chi connectivity index (χ0n) is 9.01.